The Balaban J connectivity index is 0.000000620. The van der Waals surface area contributed by atoms with Gasteiger partial charge in [-0.3, -0.25) is 4.79 Å². The molecule has 2 rings (SSSR count). The second kappa shape index (κ2) is 15.4. The van der Waals surface area contributed by atoms with E-state index in [0.717, 1.165) is 16.9 Å². The molecule has 4 N–H and O–H groups in total. The van der Waals surface area contributed by atoms with Gasteiger partial charge in [0.1, 0.15) is 12.4 Å². The van der Waals surface area contributed by atoms with Crippen molar-refractivity contribution >= 4 is 29.5 Å². The molecule has 9 nitrogen and oxygen atoms in total. The summed E-state index contributed by atoms with van der Waals surface area (Å²) in [6.45, 7) is 2.85. The number of esters is 1. The normalized spacial score (nSPS) is 12.2. The van der Waals surface area contributed by atoms with Gasteiger partial charge in [-0.15, -0.1) is 0 Å². The van der Waals surface area contributed by atoms with Gasteiger partial charge in [-0.2, -0.15) is 0 Å². The van der Waals surface area contributed by atoms with Crippen molar-refractivity contribution in [1.29, 1.82) is 0 Å². The van der Waals surface area contributed by atoms with Crippen LogP contribution in [0.25, 0.3) is 0 Å². The van der Waals surface area contributed by atoms with Crippen LogP contribution in [-0.4, -0.2) is 59.5 Å². The summed E-state index contributed by atoms with van der Waals surface area (Å²) in [6.07, 6.45) is 0.731. The molecule has 0 saturated carbocycles. The van der Waals surface area contributed by atoms with E-state index in [9.17, 15) is 19.5 Å². The molecule has 0 fully saturated rings. The fraction of sp³-hybridized carbons (Fsp3) is 0.292. The van der Waals surface area contributed by atoms with Gasteiger partial charge in [0.2, 0.25) is 0 Å². The van der Waals surface area contributed by atoms with Crippen LogP contribution in [-0.2, 0) is 25.5 Å². The summed E-state index contributed by atoms with van der Waals surface area (Å²) in [6, 6.07) is 14.6. The number of ether oxygens (including phenoxy) is 2. The summed E-state index contributed by atoms with van der Waals surface area (Å²) in [7, 11) is 1.37. The number of halogens is 1. The summed E-state index contributed by atoms with van der Waals surface area (Å²) in [5.41, 5.74) is 1.65. The lowest BCUT2D eigenvalue weighted by Gasteiger charge is -2.18. The maximum atomic E-state index is 11.2. The lowest BCUT2D eigenvalue weighted by molar-refractivity contribution is -0.139. The first-order chi connectivity index (χ1) is 16.1. The van der Waals surface area contributed by atoms with E-state index in [2.05, 4.69) is 10.1 Å². The van der Waals surface area contributed by atoms with E-state index in [1.165, 1.54) is 7.11 Å². The van der Waals surface area contributed by atoms with Crippen LogP contribution in [0, 0.1) is 0 Å². The van der Waals surface area contributed by atoms with E-state index in [4.69, 9.17) is 26.6 Å². The first kappa shape index (κ1) is 28.6. The van der Waals surface area contributed by atoms with Crippen molar-refractivity contribution < 1.29 is 39.2 Å². The molecule has 0 aliphatic rings. The largest absolute Gasteiger partial charge is 0.492 e. The molecule has 0 amide bonds. The molecule has 0 heterocycles. The second-order valence-corrected chi connectivity index (χ2v) is 7.53. The molecule has 184 valence electrons. The average Bonchev–Trinajstić information content (AvgIpc) is 2.81. The van der Waals surface area contributed by atoms with Crippen molar-refractivity contribution in [1.82, 2.24) is 5.32 Å². The number of carbonyl (C=O) groups is 3. The van der Waals surface area contributed by atoms with Crippen molar-refractivity contribution in [3.05, 3.63) is 76.8 Å². The Kier molecular flexibility index (Phi) is 13.0. The monoisotopic (exact) mass is 493 g/mol. The van der Waals surface area contributed by atoms with Gasteiger partial charge >= 0.3 is 17.9 Å². The molecule has 2 atom stereocenters. The molecule has 10 heteroatoms. The smallest absolute Gasteiger partial charge is 0.328 e. The number of hydrogen-bond acceptors (Lipinski definition) is 7. The van der Waals surface area contributed by atoms with Gasteiger partial charge < -0.3 is 30.1 Å². The van der Waals surface area contributed by atoms with Crippen LogP contribution < -0.4 is 10.1 Å². The van der Waals surface area contributed by atoms with Crippen molar-refractivity contribution in [2.45, 2.75) is 25.5 Å². The molecule has 2 aromatic rings. The van der Waals surface area contributed by atoms with Gasteiger partial charge in [0.15, 0.2) is 0 Å². The van der Waals surface area contributed by atoms with Crippen LogP contribution in [0.2, 0.25) is 5.02 Å². The van der Waals surface area contributed by atoms with Crippen LogP contribution in [0.3, 0.4) is 0 Å². The highest BCUT2D eigenvalue weighted by molar-refractivity contribution is 6.30. The van der Waals surface area contributed by atoms with Gasteiger partial charge in [-0.1, -0.05) is 35.9 Å². The van der Waals surface area contributed by atoms with E-state index < -0.39 is 18.0 Å². The highest BCUT2D eigenvalue weighted by Crippen LogP contribution is 2.17. The fourth-order valence-corrected chi connectivity index (χ4v) is 2.71. The Morgan fingerprint density at radius 1 is 1.06 bits per heavy atom. The molecular weight excluding hydrogens is 466 g/mol. The predicted octanol–water partition coefficient (Wildman–Crippen LogP) is 2.86. The predicted molar refractivity (Wildman–Crippen MR) is 126 cm³/mol. The first-order valence-corrected chi connectivity index (χ1v) is 10.6. The van der Waals surface area contributed by atoms with Crippen molar-refractivity contribution in [2.24, 2.45) is 0 Å². The molecule has 0 saturated heterocycles. The molecule has 0 radical (unpaired) electrons. The molecule has 0 spiro atoms. The van der Waals surface area contributed by atoms with Crippen molar-refractivity contribution in [3.8, 4) is 5.75 Å². The van der Waals surface area contributed by atoms with Gasteiger partial charge in [0.05, 0.1) is 19.6 Å². The standard InChI is InChI=1S/C20H24ClNO4.C4H4O4/c1-14(22-12-19(23)16-4-3-5-17(21)11-16)13-26-18-8-6-15(7-9-18)10-20(24)25-2;5-3(6)1-2-4(7)8/h3-9,11,14,19,22-23H,10,12-13H2,1-2H3;1-2H,(H,5,6)(H,7,8). The second-order valence-electron chi connectivity index (χ2n) is 7.10. The molecule has 34 heavy (non-hydrogen) atoms. The van der Waals surface area contributed by atoms with Crippen LogP contribution in [0.4, 0.5) is 0 Å². The third kappa shape index (κ3) is 12.6. The number of carbonyl (C=O) groups excluding carboxylic acids is 1. The molecule has 2 unspecified atom stereocenters. The minimum Gasteiger partial charge on any atom is -0.492 e. The summed E-state index contributed by atoms with van der Waals surface area (Å²) < 4.78 is 10.4. The highest BCUT2D eigenvalue weighted by atomic mass is 35.5. The number of carboxylic acids is 2. The Labute approximate surface area is 202 Å². The van der Waals surface area contributed by atoms with Crippen molar-refractivity contribution in [2.75, 3.05) is 20.3 Å². The minimum absolute atomic E-state index is 0.0542. The van der Waals surface area contributed by atoms with E-state index >= 15 is 0 Å². The number of nitrogens with one attached hydrogen (secondary N) is 1. The molecular formula is C24H28ClNO8. The Morgan fingerprint density at radius 3 is 2.21 bits per heavy atom. The SMILES string of the molecule is COC(=O)Cc1ccc(OCC(C)NCC(O)c2cccc(Cl)c2)cc1.O=C(O)C=CC(=O)O. The Morgan fingerprint density at radius 2 is 1.68 bits per heavy atom. The van der Waals surface area contributed by atoms with Crippen LogP contribution in [0.1, 0.15) is 24.2 Å². The molecule has 2 aromatic carbocycles. The summed E-state index contributed by atoms with van der Waals surface area (Å²) in [5, 5.41) is 29.7. The summed E-state index contributed by atoms with van der Waals surface area (Å²) in [4.78, 5) is 30.3. The summed E-state index contributed by atoms with van der Waals surface area (Å²) in [5.74, 6) is -2.06. The van der Waals surface area contributed by atoms with E-state index in [0.29, 0.717) is 30.3 Å². The minimum atomic E-state index is -1.26. The lowest BCUT2D eigenvalue weighted by atomic mass is 10.1. The van der Waals surface area contributed by atoms with Gasteiger partial charge in [-0.25, -0.2) is 9.59 Å². The fourth-order valence-electron chi connectivity index (χ4n) is 2.51. The third-order valence-corrected chi connectivity index (χ3v) is 4.50. The summed E-state index contributed by atoms with van der Waals surface area (Å²) >= 11 is 5.94. The quantitative estimate of drug-likeness (QED) is 0.274. The maximum Gasteiger partial charge on any atom is 0.328 e. The van der Waals surface area contributed by atoms with Crippen LogP contribution in [0.15, 0.2) is 60.7 Å². The zero-order chi connectivity index (χ0) is 25.5. The number of aliphatic hydroxyl groups excluding tert-OH is 1. The number of methoxy groups -OCH3 is 1. The zero-order valence-corrected chi connectivity index (χ0v) is 19.6. The molecule has 0 aromatic heterocycles. The van der Waals surface area contributed by atoms with Gasteiger partial charge in [-0.05, 0) is 42.3 Å². The molecule has 0 bridgehead atoms. The maximum absolute atomic E-state index is 11.2. The number of aliphatic hydroxyl groups is 1. The number of carboxylic acid groups (broad SMARTS) is 2. The molecule has 0 aliphatic heterocycles. The highest BCUT2D eigenvalue weighted by Gasteiger charge is 2.10. The van der Waals surface area contributed by atoms with Crippen molar-refractivity contribution in [3.63, 3.8) is 0 Å². The third-order valence-electron chi connectivity index (χ3n) is 4.26. The Hall–Kier alpha value is -3.40. The average molecular weight is 494 g/mol. The zero-order valence-electron chi connectivity index (χ0n) is 18.8. The number of rotatable bonds is 11. The number of benzene rings is 2. The van der Waals surface area contributed by atoms with Gasteiger partial charge in [0, 0.05) is 29.8 Å². The van der Waals surface area contributed by atoms with Crippen LogP contribution >= 0.6 is 11.6 Å². The lowest BCUT2D eigenvalue weighted by Crippen LogP contribution is -2.34. The van der Waals surface area contributed by atoms with E-state index in [-0.39, 0.29) is 18.4 Å². The van der Waals surface area contributed by atoms with Gasteiger partial charge in [0.25, 0.3) is 0 Å². The first-order valence-electron chi connectivity index (χ1n) is 10.2. The number of aliphatic carboxylic acids is 2. The Bertz CT molecular complexity index is 946. The van der Waals surface area contributed by atoms with E-state index in [1.807, 2.05) is 43.3 Å². The topological polar surface area (TPSA) is 142 Å². The van der Waals surface area contributed by atoms with E-state index in [1.54, 1.807) is 12.1 Å². The molecule has 0 aliphatic carbocycles. The van der Waals surface area contributed by atoms with Crippen LogP contribution in [0.5, 0.6) is 5.75 Å². The number of hydrogen-bond donors (Lipinski definition) is 4.